The van der Waals surface area contributed by atoms with Gasteiger partial charge in [0.25, 0.3) is 0 Å². The Morgan fingerprint density at radius 3 is 2.31 bits per heavy atom. The summed E-state index contributed by atoms with van der Waals surface area (Å²) in [7, 11) is 8.06. The van der Waals surface area contributed by atoms with Gasteiger partial charge in [0, 0.05) is 46.0 Å². The van der Waals surface area contributed by atoms with Crippen molar-refractivity contribution in [2.24, 2.45) is 4.99 Å². The highest BCUT2D eigenvalue weighted by Gasteiger charge is 2.03. The lowest BCUT2D eigenvalue weighted by Gasteiger charge is -2.22. The molecule has 0 saturated heterocycles. The average Bonchev–Trinajstić information content (AvgIpc) is 2.57. The van der Waals surface area contributed by atoms with Crippen LogP contribution in [0.25, 0.3) is 0 Å². The Kier molecular flexibility index (Phi) is 5.28. The van der Waals surface area contributed by atoms with Crippen LogP contribution in [0.2, 0.25) is 0 Å². The summed E-state index contributed by atoms with van der Waals surface area (Å²) in [6, 6.07) is 4.23. The molecule has 0 spiro atoms. The fourth-order valence-corrected chi connectivity index (χ4v) is 2.91. The van der Waals surface area contributed by atoms with E-state index in [1.165, 1.54) is 8.66 Å². The van der Waals surface area contributed by atoms with E-state index in [4.69, 9.17) is 0 Å². The predicted octanol–water partition coefficient (Wildman–Crippen LogP) is 2.53. The van der Waals surface area contributed by atoms with Crippen molar-refractivity contribution in [3.8, 4) is 0 Å². The molecule has 0 unspecified atom stereocenters. The van der Waals surface area contributed by atoms with Crippen LogP contribution in [-0.2, 0) is 6.42 Å². The Balaban J connectivity index is 2.51. The molecule has 0 N–H and O–H groups in total. The van der Waals surface area contributed by atoms with Crippen molar-refractivity contribution in [3.63, 3.8) is 0 Å². The molecule has 1 rings (SSSR count). The van der Waals surface area contributed by atoms with Crippen LogP contribution in [0, 0.1) is 0 Å². The SMILES string of the molecule is CN(C)C(=NCCc1ccc(Br)s1)N(C)C. The molecule has 16 heavy (non-hydrogen) atoms. The first-order chi connectivity index (χ1) is 7.50. The third-order valence-electron chi connectivity index (χ3n) is 2.04. The van der Waals surface area contributed by atoms with Gasteiger partial charge in [0.05, 0.1) is 3.79 Å². The van der Waals surface area contributed by atoms with Gasteiger partial charge in [0.1, 0.15) is 0 Å². The number of guanidine groups is 1. The fourth-order valence-electron chi connectivity index (χ4n) is 1.44. The molecule has 0 aliphatic rings. The fraction of sp³-hybridized carbons (Fsp3) is 0.545. The number of thiophene rings is 1. The van der Waals surface area contributed by atoms with Crippen molar-refractivity contribution in [1.29, 1.82) is 0 Å². The third-order valence-corrected chi connectivity index (χ3v) is 3.72. The summed E-state index contributed by atoms with van der Waals surface area (Å²) in [6.07, 6.45) is 1.00. The van der Waals surface area contributed by atoms with Gasteiger partial charge >= 0.3 is 0 Å². The highest BCUT2D eigenvalue weighted by atomic mass is 79.9. The Bertz CT molecular complexity index is 348. The van der Waals surface area contributed by atoms with E-state index in [1.54, 1.807) is 11.3 Å². The molecule has 5 heteroatoms. The molecule has 0 atom stereocenters. The van der Waals surface area contributed by atoms with Crippen molar-refractivity contribution in [2.75, 3.05) is 34.7 Å². The molecule has 0 radical (unpaired) electrons. The second-order valence-electron chi connectivity index (χ2n) is 3.93. The predicted molar refractivity (Wildman–Crippen MR) is 75.4 cm³/mol. The molecule has 0 amide bonds. The number of hydrogen-bond acceptors (Lipinski definition) is 2. The third kappa shape index (κ3) is 4.14. The molecular weight excluding hydrogens is 286 g/mol. The number of halogens is 1. The van der Waals surface area contributed by atoms with Crippen LogP contribution in [-0.4, -0.2) is 50.5 Å². The lowest BCUT2D eigenvalue weighted by atomic mass is 10.3. The molecule has 0 saturated carbocycles. The van der Waals surface area contributed by atoms with Crippen LogP contribution in [0.3, 0.4) is 0 Å². The van der Waals surface area contributed by atoms with E-state index in [9.17, 15) is 0 Å². The van der Waals surface area contributed by atoms with Crippen molar-refractivity contribution < 1.29 is 0 Å². The molecule has 1 aromatic heterocycles. The highest BCUT2D eigenvalue weighted by Crippen LogP contribution is 2.22. The zero-order valence-corrected chi connectivity index (χ0v) is 12.6. The molecule has 0 fully saturated rings. The lowest BCUT2D eigenvalue weighted by Crippen LogP contribution is -2.35. The maximum Gasteiger partial charge on any atom is 0.195 e. The summed E-state index contributed by atoms with van der Waals surface area (Å²) in [5.41, 5.74) is 0. The second kappa shape index (κ2) is 6.25. The van der Waals surface area contributed by atoms with E-state index >= 15 is 0 Å². The maximum atomic E-state index is 4.59. The zero-order valence-electron chi connectivity index (χ0n) is 10.2. The average molecular weight is 304 g/mol. The molecule has 1 aromatic rings. The first-order valence-corrected chi connectivity index (χ1v) is 6.75. The van der Waals surface area contributed by atoms with Gasteiger partial charge in [-0.1, -0.05) is 0 Å². The first-order valence-electron chi connectivity index (χ1n) is 5.14. The summed E-state index contributed by atoms with van der Waals surface area (Å²) in [4.78, 5) is 10.0. The Morgan fingerprint density at radius 1 is 1.25 bits per heavy atom. The summed E-state index contributed by atoms with van der Waals surface area (Å²) >= 11 is 5.24. The smallest absolute Gasteiger partial charge is 0.195 e. The number of aliphatic imine (C=N–C) groups is 1. The van der Waals surface area contributed by atoms with Gasteiger partial charge in [0.15, 0.2) is 5.96 Å². The molecule has 0 aromatic carbocycles. The number of nitrogens with zero attached hydrogens (tertiary/aromatic N) is 3. The van der Waals surface area contributed by atoms with Crippen LogP contribution in [0.5, 0.6) is 0 Å². The highest BCUT2D eigenvalue weighted by molar-refractivity contribution is 9.11. The molecule has 1 heterocycles. The van der Waals surface area contributed by atoms with E-state index in [-0.39, 0.29) is 0 Å². The van der Waals surface area contributed by atoms with Crippen molar-refractivity contribution >= 4 is 33.2 Å². The minimum atomic E-state index is 0.832. The molecule has 0 aliphatic heterocycles. The normalized spacial score (nSPS) is 10.1. The van der Waals surface area contributed by atoms with E-state index < -0.39 is 0 Å². The van der Waals surface area contributed by atoms with Gasteiger partial charge in [-0.2, -0.15) is 0 Å². The van der Waals surface area contributed by atoms with E-state index in [0.29, 0.717) is 0 Å². The van der Waals surface area contributed by atoms with Crippen LogP contribution >= 0.6 is 27.3 Å². The topological polar surface area (TPSA) is 18.8 Å². The first kappa shape index (κ1) is 13.5. The minimum Gasteiger partial charge on any atom is -0.349 e. The Morgan fingerprint density at radius 2 is 1.88 bits per heavy atom. The molecule has 90 valence electrons. The second-order valence-corrected chi connectivity index (χ2v) is 6.47. The molecule has 0 aliphatic carbocycles. The molecule has 3 nitrogen and oxygen atoms in total. The maximum absolute atomic E-state index is 4.59. The Labute approximate surface area is 110 Å². The van der Waals surface area contributed by atoms with Crippen molar-refractivity contribution in [2.45, 2.75) is 6.42 Å². The van der Waals surface area contributed by atoms with Gasteiger partial charge in [-0.15, -0.1) is 11.3 Å². The van der Waals surface area contributed by atoms with Gasteiger partial charge in [-0.25, -0.2) is 0 Å². The Hall–Kier alpha value is -0.550. The minimum absolute atomic E-state index is 0.832. The van der Waals surface area contributed by atoms with Crippen molar-refractivity contribution in [1.82, 2.24) is 9.80 Å². The van der Waals surface area contributed by atoms with Gasteiger partial charge in [-0.3, -0.25) is 4.99 Å². The van der Waals surface area contributed by atoms with Gasteiger partial charge in [0.2, 0.25) is 0 Å². The van der Waals surface area contributed by atoms with Crippen LogP contribution in [0.15, 0.2) is 20.9 Å². The largest absolute Gasteiger partial charge is 0.349 e. The van der Waals surface area contributed by atoms with Crippen LogP contribution in [0.1, 0.15) is 4.88 Å². The van der Waals surface area contributed by atoms with Crippen LogP contribution in [0.4, 0.5) is 0 Å². The molecular formula is C11H18BrN3S. The number of rotatable bonds is 3. The summed E-state index contributed by atoms with van der Waals surface area (Å²) in [6.45, 7) is 0.832. The monoisotopic (exact) mass is 303 g/mol. The van der Waals surface area contributed by atoms with E-state index in [2.05, 4.69) is 33.1 Å². The quantitative estimate of drug-likeness (QED) is 0.631. The van der Waals surface area contributed by atoms with Gasteiger partial charge in [-0.05, 0) is 28.1 Å². The summed E-state index contributed by atoms with van der Waals surface area (Å²) in [5.74, 6) is 1.01. The molecule has 0 bridgehead atoms. The standard InChI is InChI=1S/C11H18BrN3S/c1-14(2)11(15(3)4)13-8-7-9-5-6-10(12)16-9/h5-6H,7-8H2,1-4H3. The van der Waals surface area contributed by atoms with Crippen molar-refractivity contribution in [3.05, 3.63) is 20.8 Å². The van der Waals surface area contributed by atoms with E-state index in [0.717, 1.165) is 18.9 Å². The van der Waals surface area contributed by atoms with Gasteiger partial charge < -0.3 is 9.80 Å². The number of hydrogen-bond donors (Lipinski definition) is 0. The summed E-state index contributed by atoms with van der Waals surface area (Å²) < 4.78 is 1.19. The van der Waals surface area contributed by atoms with E-state index in [1.807, 2.05) is 38.0 Å². The lowest BCUT2D eigenvalue weighted by molar-refractivity contribution is 0.479. The zero-order chi connectivity index (χ0) is 12.1. The summed E-state index contributed by atoms with van der Waals surface area (Å²) in [5, 5.41) is 0. The van der Waals surface area contributed by atoms with Crippen LogP contribution < -0.4 is 0 Å².